The zero-order valence-electron chi connectivity index (χ0n) is 12.3. The zero-order valence-corrected chi connectivity index (χ0v) is 12.3. The molecule has 0 spiro atoms. The highest BCUT2D eigenvalue weighted by Crippen LogP contribution is 2.28. The third-order valence-electron chi connectivity index (χ3n) is 3.72. The smallest absolute Gasteiger partial charge is 0.247 e. The molecular weight excluding hydrogens is 306 g/mol. The number of benzene rings is 1. The number of carbonyl (C=O) groups excluding carboxylic acids is 1. The molecule has 1 aliphatic rings. The van der Waals surface area contributed by atoms with Crippen LogP contribution in [-0.2, 0) is 16.1 Å². The molecule has 0 saturated carbocycles. The van der Waals surface area contributed by atoms with Crippen molar-refractivity contribution in [2.45, 2.75) is 12.6 Å². The van der Waals surface area contributed by atoms with Crippen LogP contribution in [0.1, 0.15) is 5.76 Å². The van der Waals surface area contributed by atoms with Crippen LogP contribution in [0.4, 0.5) is 8.78 Å². The average Bonchev–Trinajstić information content (AvgIpc) is 2.95. The highest BCUT2D eigenvalue weighted by atomic mass is 19.1. The van der Waals surface area contributed by atoms with Gasteiger partial charge in [0.25, 0.3) is 0 Å². The van der Waals surface area contributed by atoms with Gasteiger partial charge in [-0.25, -0.2) is 8.78 Å². The van der Waals surface area contributed by atoms with Gasteiger partial charge in [0, 0.05) is 13.1 Å². The summed E-state index contributed by atoms with van der Waals surface area (Å²) in [6, 6.07) is 6.86. The molecule has 2 N–H and O–H groups in total. The Bertz CT molecular complexity index is 697. The van der Waals surface area contributed by atoms with Crippen LogP contribution in [0.5, 0.6) is 0 Å². The van der Waals surface area contributed by atoms with Crippen molar-refractivity contribution in [2.75, 3.05) is 19.7 Å². The van der Waals surface area contributed by atoms with E-state index in [0.29, 0.717) is 32.0 Å². The number of hydrogen-bond acceptors (Lipinski definition) is 4. The van der Waals surface area contributed by atoms with E-state index in [1.54, 1.807) is 6.07 Å². The van der Waals surface area contributed by atoms with Gasteiger partial charge in [-0.1, -0.05) is 6.07 Å². The second-order valence-corrected chi connectivity index (χ2v) is 5.36. The van der Waals surface area contributed by atoms with Crippen LogP contribution in [0, 0.1) is 11.6 Å². The Hall–Kier alpha value is -2.25. The molecule has 1 aromatic carbocycles. The lowest BCUT2D eigenvalue weighted by molar-refractivity contribution is -0.135. The van der Waals surface area contributed by atoms with Crippen molar-refractivity contribution in [2.24, 2.45) is 5.73 Å². The summed E-state index contributed by atoms with van der Waals surface area (Å²) < 4.78 is 38.4. The molecule has 1 aliphatic heterocycles. The predicted molar refractivity (Wildman–Crippen MR) is 78.3 cm³/mol. The van der Waals surface area contributed by atoms with Gasteiger partial charge in [0.15, 0.2) is 0 Å². The molecule has 7 heteroatoms. The number of nitrogens with two attached hydrogens (primary N) is 1. The van der Waals surface area contributed by atoms with Crippen molar-refractivity contribution in [1.82, 2.24) is 4.90 Å². The summed E-state index contributed by atoms with van der Waals surface area (Å²) in [6.07, 6.45) is -0.651. The monoisotopic (exact) mass is 322 g/mol. The van der Waals surface area contributed by atoms with E-state index in [0.717, 1.165) is 0 Å². The first-order valence-corrected chi connectivity index (χ1v) is 7.21. The van der Waals surface area contributed by atoms with Crippen LogP contribution in [0.25, 0.3) is 11.3 Å². The maximum Gasteiger partial charge on any atom is 0.247 e. The number of halogens is 2. The number of morpholine rings is 1. The molecule has 1 amide bonds. The van der Waals surface area contributed by atoms with Crippen molar-refractivity contribution in [1.29, 1.82) is 0 Å². The summed E-state index contributed by atoms with van der Waals surface area (Å²) >= 11 is 0. The van der Waals surface area contributed by atoms with E-state index in [1.807, 2.05) is 4.90 Å². The van der Waals surface area contributed by atoms with E-state index in [1.165, 1.54) is 24.3 Å². The van der Waals surface area contributed by atoms with Gasteiger partial charge in [0.2, 0.25) is 5.91 Å². The van der Waals surface area contributed by atoms with Crippen LogP contribution in [0.3, 0.4) is 0 Å². The largest absolute Gasteiger partial charge is 0.460 e. The van der Waals surface area contributed by atoms with Gasteiger partial charge in [-0.05, 0) is 24.3 Å². The lowest BCUT2D eigenvalue weighted by atomic mass is 10.1. The normalized spacial score (nSPS) is 19.0. The quantitative estimate of drug-likeness (QED) is 0.933. The Labute approximate surface area is 131 Å². The van der Waals surface area contributed by atoms with Gasteiger partial charge in [-0.3, -0.25) is 9.69 Å². The first-order valence-electron chi connectivity index (χ1n) is 7.21. The molecule has 0 bridgehead atoms. The van der Waals surface area contributed by atoms with Crippen LogP contribution < -0.4 is 5.73 Å². The van der Waals surface area contributed by atoms with Crippen LogP contribution in [-0.4, -0.2) is 36.6 Å². The van der Waals surface area contributed by atoms with E-state index in [-0.39, 0.29) is 11.3 Å². The first-order chi connectivity index (χ1) is 11.0. The number of rotatable bonds is 4. The summed E-state index contributed by atoms with van der Waals surface area (Å²) in [7, 11) is 0. The minimum absolute atomic E-state index is 0.135. The molecular formula is C16H16F2N2O3. The molecule has 1 unspecified atom stereocenters. The fourth-order valence-electron chi connectivity index (χ4n) is 2.57. The van der Waals surface area contributed by atoms with Gasteiger partial charge in [0.05, 0.1) is 18.7 Å². The Morgan fingerprint density at radius 1 is 1.26 bits per heavy atom. The molecule has 1 aromatic heterocycles. The van der Waals surface area contributed by atoms with Crippen molar-refractivity contribution in [3.8, 4) is 11.3 Å². The minimum atomic E-state index is -0.675. The Kier molecular flexibility index (Phi) is 4.40. The maximum atomic E-state index is 13.8. The van der Waals surface area contributed by atoms with E-state index in [2.05, 4.69) is 0 Å². The van der Waals surface area contributed by atoms with E-state index < -0.39 is 23.6 Å². The summed E-state index contributed by atoms with van der Waals surface area (Å²) in [5.74, 6) is -1.18. The number of primary amides is 1. The van der Waals surface area contributed by atoms with Gasteiger partial charge >= 0.3 is 0 Å². The second kappa shape index (κ2) is 6.47. The number of carbonyl (C=O) groups is 1. The van der Waals surface area contributed by atoms with Crippen molar-refractivity contribution in [3.63, 3.8) is 0 Å². The molecule has 1 fully saturated rings. The Balaban J connectivity index is 1.74. The molecule has 5 nitrogen and oxygen atoms in total. The molecule has 1 saturated heterocycles. The van der Waals surface area contributed by atoms with E-state index >= 15 is 0 Å². The summed E-state index contributed by atoms with van der Waals surface area (Å²) in [4.78, 5) is 13.1. The van der Waals surface area contributed by atoms with E-state index in [9.17, 15) is 13.6 Å². The number of nitrogens with zero attached hydrogens (tertiary/aromatic N) is 1. The van der Waals surface area contributed by atoms with Crippen molar-refractivity contribution in [3.05, 3.63) is 47.7 Å². The van der Waals surface area contributed by atoms with Crippen LogP contribution in [0.2, 0.25) is 0 Å². The predicted octanol–water partition coefficient (Wildman–Crippen LogP) is 1.91. The van der Waals surface area contributed by atoms with Crippen molar-refractivity contribution < 1.29 is 22.7 Å². The molecule has 0 aliphatic carbocycles. The maximum absolute atomic E-state index is 13.8. The molecule has 1 atom stereocenters. The van der Waals surface area contributed by atoms with Gasteiger partial charge in [-0.15, -0.1) is 0 Å². The molecule has 3 rings (SSSR count). The fraction of sp³-hybridized carbons (Fsp3) is 0.312. The third-order valence-corrected chi connectivity index (χ3v) is 3.72. The van der Waals surface area contributed by atoms with Gasteiger partial charge in [-0.2, -0.15) is 0 Å². The SMILES string of the molecule is NC(=O)C1CN(Cc2ccc(-c3c(F)cccc3F)o2)CCO1. The lowest BCUT2D eigenvalue weighted by Gasteiger charge is -2.30. The van der Waals surface area contributed by atoms with Crippen LogP contribution in [0.15, 0.2) is 34.7 Å². The van der Waals surface area contributed by atoms with E-state index in [4.69, 9.17) is 14.9 Å². The zero-order chi connectivity index (χ0) is 16.4. The number of hydrogen-bond donors (Lipinski definition) is 1. The minimum Gasteiger partial charge on any atom is -0.460 e. The standard InChI is InChI=1S/C16H16F2N2O3/c17-11-2-1-3-12(18)15(11)13-5-4-10(23-13)8-20-6-7-22-14(9-20)16(19)21/h1-5,14H,6-9H2,(H2,19,21). The van der Waals surface area contributed by atoms with Gasteiger partial charge < -0.3 is 14.9 Å². The summed E-state index contributed by atoms with van der Waals surface area (Å²) in [6.45, 7) is 1.78. The lowest BCUT2D eigenvalue weighted by Crippen LogP contribution is -2.47. The molecule has 23 heavy (non-hydrogen) atoms. The third kappa shape index (κ3) is 3.40. The molecule has 2 aromatic rings. The van der Waals surface area contributed by atoms with Crippen molar-refractivity contribution >= 4 is 5.91 Å². The summed E-state index contributed by atoms with van der Waals surface area (Å²) in [5, 5.41) is 0. The Morgan fingerprint density at radius 3 is 2.70 bits per heavy atom. The highest BCUT2D eigenvalue weighted by Gasteiger charge is 2.25. The average molecular weight is 322 g/mol. The highest BCUT2D eigenvalue weighted by molar-refractivity contribution is 5.79. The fourth-order valence-corrected chi connectivity index (χ4v) is 2.57. The number of amides is 1. The topological polar surface area (TPSA) is 68.7 Å². The van der Waals surface area contributed by atoms with Gasteiger partial charge in [0.1, 0.15) is 29.3 Å². The van der Waals surface area contributed by atoms with Crippen LogP contribution >= 0.6 is 0 Å². The second-order valence-electron chi connectivity index (χ2n) is 5.36. The number of ether oxygens (including phenoxy) is 1. The first kappa shape index (κ1) is 15.6. The molecule has 0 radical (unpaired) electrons. The molecule has 2 heterocycles. The number of furan rings is 1. The molecule has 122 valence electrons. The Morgan fingerprint density at radius 2 is 2.00 bits per heavy atom. The summed E-state index contributed by atoms with van der Waals surface area (Å²) in [5.41, 5.74) is 5.05.